The van der Waals surface area contributed by atoms with Crippen molar-refractivity contribution in [3.63, 3.8) is 0 Å². The summed E-state index contributed by atoms with van der Waals surface area (Å²) in [5.41, 5.74) is 0.418. The van der Waals surface area contributed by atoms with Crippen LogP contribution in [0.25, 0.3) is 0 Å². The highest BCUT2D eigenvalue weighted by atomic mass is 16.3. The molecule has 0 aromatic heterocycles. The highest BCUT2D eigenvalue weighted by Gasteiger charge is 2.61. The Kier molecular flexibility index (Phi) is 1.33. The lowest BCUT2D eigenvalue weighted by Gasteiger charge is -2.35. The molecule has 2 bridgehead atoms. The number of ketones is 1. The van der Waals surface area contributed by atoms with Gasteiger partial charge in [0.15, 0.2) is 0 Å². The van der Waals surface area contributed by atoms with Crippen molar-refractivity contribution in [3.8, 4) is 0 Å². The first-order valence-corrected chi connectivity index (χ1v) is 5.10. The van der Waals surface area contributed by atoms with Gasteiger partial charge in [0.2, 0.25) is 0 Å². The fraction of sp³-hybridized carbons (Fsp3) is 0.727. The summed E-state index contributed by atoms with van der Waals surface area (Å²) in [4.78, 5) is 11.6. The van der Waals surface area contributed by atoms with Gasteiger partial charge in [0.25, 0.3) is 0 Å². The Hall–Kier alpha value is -0.630. The summed E-state index contributed by atoms with van der Waals surface area (Å²) < 4.78 is 0. The van der Waals surface area contributed by atoms with E-state index in [-0.39, 0.29) is 18.3 Å². The maximum absolute atomic E-state index is 11.6. The van der Waals surface area contributed by atoms with Crippen LogP contribution in [0.3, 0.4) is 0 Å². The average Bonchev–Trinajstić information content (AvgIpc) is 2.82. The quantitative estimate of drug-likeness (QED) is 0.611. The molecule has 1 spiro atoms. The number of rotatable bonds is 1. The largest absolute Gasteiger partial charge is 0.396 e. The third-order valence-electron chi connectivity index (χ3n) is 4.25. The molecule has 70 valence electrons. The van der Waals surface area contributed by atoms with Crippen molar-refractivity contribution in [1.82, 2.24) is 0 Å². The fourth-order valence-electron chi connectivity index (χ4n) is 3.32. The summed E-state index contributed by atoms with van der Waals surface area (Å²) in [7, 11) is 0. The van der Waals surface area contributed by atoms with Crippen LogP contribution < -0.4 is 0 Å². The molecule has 3 rings (SSSR count). The van der Waals surface area contributed by atoms with Crippen LogP contribution in [0.5, 0.6) is 0 Å². The van der Waals surface area contributed by atoms with Gasteiger partial charge in [-0.25, -0.2) is 0 Å². The van der Waals surface area contributed by atoms with Gasteiger partial charge in [-0.2, -0.15) is 0 Å². The Labute approximate surface area is 77.6 Å². The number of Topliss-reactive ketones (excluding diaryl/α,β-unsaturated/α-hetero) is 1. The van der Waals surface area contributed by atoms with E-state index in [9.17, 15) is 9.90 Å². The monoisotopic (exact) mass is 178 g/mol. The van der Waals surface area contributed by atoms with Gasteiger partial charge in [-0.05, 0) is 30.1 Å². The molecule has 3 atom stereocenters. The van der Waals surface area contributed by atoms with Crippen LogP contribution in [-0.2, 0) is 4.79 Å². The molecular formula is C11H14O2. The second kappa shape index (κ2) is 2.24. The van der Waals surface area contributed by atoms with Crippen molar-refractivity contribution >= 4 is 5.78 Å². The Morgan fingerprint density at radius 2 is 2.23 bits per heavy atom. The predicted molar refractivity (Wildman–Crippen MR) is 48.0 cm³/mol. The number of carbonyl (C=O) groups is 1. The standard InChI is InChI=1S/C11H14O2/c12-6-8-9-2-1-7(5-10(8)13)11(9)3-4-11/h1-2,7-9,12H,3-6H2/t7-,8-,9+/m0/s1. The van der Waals surface area contributed by atoms with Gasteiger partial charge in [0.1, 0.15) is 5.78 Å². The van der Waals surface area contributed by atoms with E-state index in [1.54, 1.807) is 0 Å². The number of aliphatic hydroxyl groups is 1. The minimum Gasteiger partial charge on any atom is -0.396 e. The molecular weight excluding hydrogens is 164 g/mol. The van der Waals surface area contributed by atoms with Crippen molar-refractivity contribution in [2.24, 2.45) is 23.2 Å². The van der Waals surface area contributed by atoms with Crippen molar-refractivity contribution in [2.75, 3.05) is 6.61 Å². The Morgan fingerprint density at radius 1 is 1.46 bits per heavy atom. The first kappa shape index (κ1) is 7.74. The van der Waals surface area contributed by atoms with Crippen molar-refractivity contribution in [3.05, 3.63) is 12.2 Å². The van der Waals surface area contributed by atoms with Crippen LogP contribution in [-0.4, -0.2) is 17.5 Å². The number of hydrogen-bond donors (Lipinski definition) is 1. The van der Waals surface area contributed by atoms with Crippen LogP contribution >= 0.6 is 0 Å². The molecule has 13 heavy (non-hydrogen) atoms. The number of carbonyl (C=O) groups excluding carboxylic acids is 1. The first-order chi connectivity index (χ1) is 6.28. The molecule has 0 amide bonds. The molecule has 2 nitrogen and oxygen atoms in total. The lowest BCUT2D eigenvalue weighted by atomic mass is 9.68. The first-order valence-electron chi connectivity index (χ1n) is 5.10. The molecule has 3 aliphatic rings. The molecule has 2 fully saturated rings. The van der Waals surface area contributed by atoms with Crippen molar-refractivity contribution in [2.45, 2.75) is 19.3 Å². The molecule has 0 unspecified atom stereocenters. The summed E-state index contributed by atoms with van der Waals surface area (Å²) in [5.74, 6) is 1.06. The van der Waals surface area contributed by atoms with Gasteiger partial charge < -0.3 is 5.11 Å². The molecule has 2 saturated carbocycles. The topological polar surface area (TPSA) is 37.3 Å². The number of allylic oxidation sites excluding steroid dienone is 2. The summed E-state index contributed by atoms with van der Waals surface area (Å²) >= 11 is 0. The van der Waals surface area contributed by atoms with E-state index in [4.69, 9.17) is 0 Å². The molecule has 0 heterocycles. The normalized spacial score (nSPS) is 44.4. The third kappa shape index (κ3) is 0.798. The second-order valence-electron chi connectivity index (χ2n) is 4.71. The zero-order chi connectivity index (χ0) is 9.05. The summed E-state index contributed by atoms with van der Waals surface area (Å²) in [6.45, 7) is 0.0440. The van der Waals surface area contributed by atoms with Gasteiger partial charge in [-0.15, -0.1) is 0 Å². The lowest BCUT2D eigenvalue weighted by molar-refractivity contribution is -0.130. The second-order valence-corrected chi connectivity index (χ2v) is 4.71. The number of aliphatic hydroxyl groups excluding tert-OH is 1. The molecule has 0 aromatic rings. The van der Waals surface area contributed by atoms with E-state index in [2.05, 4.69) is 12.2 Å². The Morgan fingerprint density at radius 3 is 2.85 bits per heavy atom. The Balaban J connectivity index is 1.98. The molecule has 1 N–H and O–H groups in total. The van der Waals surface area contributed by atoms with E-state index in [1.165, 1.54) is 12.8 Å². The third-order valence-corrected chi connectivity index (χ3v) is 4.25. The minimum atomic E-state index is -0.0856. The van der Waals surface area contributed by atoms with E-state index in [1.807, 2.05) is 0 Å². The van der Waals surface area contributed by atoms with Crippen molar-refractivity contribution in [1.29, 1.82) is 0 Å². The van der Waals surface area contributed by atoms with Crippen molar-refractivity contribution < 1.29 is 9.90 Å². The maximum atomic E-state index is 11.6. The minimum absolute atomic E-state index is 0.0440. The fourth-order valence-corrected chi connectivity index (χ4v) is 3.32. The molecule has 0 radical (unpaired) electrons. The maximum Gasteiger partial charge on any atom is 0.139 e. The molecule has 0 saturated heterocycles. The van der Waals surface area contributed by atoms with Crippen LogP contribution in [0.1, 0.15) is 19.3 Å². The van der Waals surface area contributed by atoms with E-state index in [0.717, 1.165) is 0 Å². The van der Waals surface area contributed by atoms with Gasteiger partial charge >= 0.3 is 0 Å². The van der Waals surface area contributed by atoms with E-state index >= 15 is 0 Å². The summed E-state index contributed by atoms with van der Waals surface area (Å²) in [5, 5.41) is 9.19. The van der Waals surface area contributed by atoms with Gasteiger partial charge in [0, 0.05) is 12.3 Å². The summed E-state index contributed by atoms with van der Waals surface area (Å²) in [6.07, 6.45) is 7.60. The van der Waals surface area contributed by atoms with Crippen LogP contribution in [0.2, 0.25) is 0 Å². The smallest absolute Gasteiger partial charge is 0.139 e. The highest BCUT2D eigenvalue weighted by molar-refractivity contribution is 5.84. The lowest BCUT2D eigenvalue weighted by Crippen LogP contribution is -2.38. The van der Waals surface area contributed by atoms with Crippen LogP contribution in [0.4, 0.5) is 0 Å². The van der Waals surface area contributed by atoms with Crippen LogP contribution in [0.15, 0.2) is 12.2 Å². The van der Waals surface area contributed by atoms with Gasteiger partial charge in [-0.3, -0.25) is 4.79 Å². The number of hydrogen-bond acceptors (Lipinski definition) is 2. The van der Waals surface area contributed by atoms with E-state index < -0.39 is 0 Å². The van der Waals surface area contributed by atoms with Crippen LogP contribution in [0, 0.1) is 23.2 Å². The SMILES string of the molecule is O=C1C[C@@H]2C=C[C@H]([C@@H]1CO)C21CC1. The molecule has 3 aliphatic carbocycles. The summed E-state index contributed by atoms with van der Waals surface area (Å²) in [6, 6.07) is 0. The molecule has 2 heteroatoms. The predicted octanol–water partition coefficient (Wildman–Crippen LogP) is 1.15. The average molecular weight is 178 g/mol. The highest BCUT2D eigenvalue weighted by Crippen LogP contribution is 2.66. The molecule has 0 aliphatic heterocycles. The zero-order valence-corrected chi connectivity index (χ0v) is 7.57. The zero-order valence-electron chi connectivity index (χ0n) is 7.57. The molecule has 0 aromatic carbocycles. The van der Waals surface area contributed by atoms with Gasteiger partial charge in [0.05, 0.1) is 6.61 Å². The Bertz CT molecular complexity index is 288. The van der Waals surface area contributed by atoms with E-state index in [0.29, 0.717) is 23.7 Å². The van der Waals surface area contributed by atoms with Gasteiger partial charge in [-0.1, -0.05) is 12.2 Å².